The number of carbonyl (C=O) groups excluding carboxylic acids is 1. The van der Waals surface area contributed by atoms with Gasteiger partial charge in [-0.25, -0.2) is 8.42 Å². The smallest absolute Gasteiger partial charge is 0.323 e. The van der Waals surface area contributed by atoms with Gasteiger partial charge >= 0.3 is 5.97 Å². The van der Waals surface area contributed by atoms with Gasteiger partial charge in [0.25, 0.3) is 0 Å². The lowest BCUT2D eigenvalue weighted by Crippen LogP contribution is -2.24. The fourth-order valence-corrected chi connectivity index (χ4v) is 2.56. The maximum Gasteiger partial charge on any atom is 0.323 e. The summed E-state index contributed by atoms with van der Waals surface area (Å²) >= 11 is 3.30. The second kappa shape index (κ2) is 6.19. The highest BCUT2D eigenvalue weighted by molar-refractivity contribution is 9.10. The molecular weight excluding hydrogens is 322 g/mol. The Morgan fingerprint density at radius 2 is 2.11 bits per heavy atom. The monoisotopic (exact) mass is 335 g/mol. The molecule has 0 bridgehead atoms. The average Bonchev–Trinajstić information content (AvgIpc) is 2.22. The van der Waals surface area contributed by atoms with Gasteiger partial charge in [-0.15, -0.1) is 0 Å². The number of rotatable bonds is 5. The quantitative estimate of drug-likeness (QED) is 0.836. The largest absolute Gasteiger partial charge is 0.465 e. The molecule has 0 unspecified atom stereocenters. The molecule has 18 heavy (non-hydrogen) atoms. The maximum atomic E-state index is 11.7. The summed E-state index contributed by atoms with van der Waals surface area (Å²) in [5, 5.41) is 0. The van der Waals surface area contributed by atoms with Gasteiger partial charge in [0.05, 0.1) is 6.61 Å². The van der Waals surface area contributed by atoms with Gasteiger partial charge in [0.1, 0.15) is 0 Å². The van der Waals surface area contributed by atoms with E-state index in [2.05, 4.69) is 25.4 Å². The van der Waals surface area contributed by atoms with Crippen molar-refractivity contribution < 1.29 is 17.9 Å². The zero-order chi connectivity index (χ0) is 13.8. The van der Waals surface area contributed by atoms with Crippen molar-refractivity contribution in [2.24, 2.45) is 0 Å². The lowest BCUT2D eigenvalue weighted by Gasteiger charge is -2.08. The molecule has 0 amide bonds. The highest BCUT2D eigenvalue weighted by atomic mass is 79.9. The molecule has 0 aliphatic rings. The van der Waals surface area contributed by atoms with Gasteiger partial charge in [-0.2, -0.15) is 0 Å². The van der Waals surface area contributed by atoms with Gasteiger partial charge in [-0.05, 0) is 31.5 Å². The first-order valence-electron chi connectivity index (χ1n) is 5.26. The molecule has 0 atom stereocenters. The average molecular weight is 336 g/mol. The van der Waals surface area contributed by atoms with E-state index in [1.165, 1.54) is 0 Å². The van der Waals surface area contributed by atoms with Crippen LogP contribution < -0.4 is 4.72 Å². The summed E-state index contributed by atoms with van der Waals surface area (Å²) in [6.07, 6.45) is 0. The molecule has 1 aromatic carbocycles. The number of benzene rings is 1. The van der Waals surface area contributed by atoms with E-state index in [1.807, 2.05) is 6.92 Å². The molecule has 1 aromatic rings. The molecule has 0 saturated carbocycles. The Kier molecular flexibility index (Phi) is 5.15. The molecule has 0 aromatic heterocycles. The number of hydrogen-bond donors (Lipinski definition) is 1. The zero-order valence-electron chi connectivity index (χ0n) is 10.1. The van der Waals surface area contributed by atoms with Crippen molar-refractivity contribution in [3.05, 3.63) is 28.2 Å². The molecule has 0 aliphatic heterocycles. The van der Waals surface area contributed by atoms with Gasteiger partial charge in [-0.1, -0.05) is 22.0 Å². The molecule has 0 fully saturated rings. The van der Waals surface area contributed by atoms with Crippen LogP contribution in [0.15, 0.2) is 22.7 Å². The second-order valence-electron chi connectivity index (χ2n) is 3.63. The third-order valence-electron chi connectivity index (χ3n) is 2.06. The van der Waals surface area contributed by atoms with Crippen LogP contribution in [0.25, 0.3) is 0 Å². The van der Waals surface area contributed by atoms with Crippen molar-refractivity contribution >= 4 is 37.6 Å². The van der Waals surface area contributed by atoms with E-state index in [1.54, 1.807) is 25.1 Å². The van der Waals surface area contributed by atoms with E-state index >= 15 is 0 Å². The molecule has 0 radical (unpaired) electrons. The van der Waals surface area contributed by atoms with Crippen LogP contribution in [-0.4, -0.2) is 26.7 Å². The number of ether oxygens (including phenoxy) is 1. The van der Waals surface area contributed by atoms with Crippen LogP contribution in [0.5, 0.6) is 0 Å². The molecular formula is C11H14BrNO4S. The van der Waals surface area contributed by atoms with Crippen LogP contribution >= 0.6 is 15.9 Å². The van der Waals surface area contributed by atoms with Gasteiger partial charge in [0, 0.05) is 10.2 Å². The molecule has 0 spiro atoms. The molecule has 1 rings (SSSR count). The van der Waals surface area contributed by atoms with E-state index in [0.29, 0.717) is 5.69 Å². The number of carbonyl (C=O) groups is 1. The lowest BCUT2D eigenvalue weighted by atomic mass is 10.2. The first-order chi connectivity index (χ1) is 8.34. The van der Waals surface area contributed by atoms with Crippen LogP contribution in [0.2, 0.25) is 0 Å². The fourth-order valence-electron chi connectivity index (χ4n) is 1.23. The summed E-state index contributed by atoms with van der Waals surface area (Å²) in [4.78, 5) is 11.1. The van der Waals surface area contributed by atoms with Gasteiger partial charge < -0.3 is 4.74 Å². The SMILES string of the molecule is CCOC(=O)CS(=O)(=O)Nc1ccc(C)c(Br)c1. The fraction of sp³-hybridized carbons (Fsp3) is 0.364. The van der Waals surface area contributed by atoms with E-state index in [0.717, 1.165) is 10.0 Å². The van der Waals surface area contributed by atoms with Crippen molar-refractivity contribution in [1.82, 2.24) is 0 Å². The minimum Gasteiger partial charge on any atom is -0.465 e. The minimum absolute atomic E-state index is 0.157. The molecule has 0 saturated heterocycles. The van der Waals surface area contributed by atoms with Crippen molar-refractivity contribution in [1.29, 1.82) is 0 Å². The normalized spacial score (nSPS) is 11.1. The summed E-state index contributed by atoms with van der Waals surface area (Å²) in [6, 6.07) is 5.03. The maximum absolute atomic E-state index is 11.7. The van der Waals surface area contributed by atoms with E-state index in [-0.39, 0.29) is 6.61 Å². The highest BCUT2D eigenvalue weighted by Gasteiger charge is 2.17. The van der Waals surface area contributed by atoms with Gasteiger partial charge in [-0.3, -0.25) is 9.52 Å². The Bertz CT molecular complexity index is 542. The van der Waals surface area contributed by atoms with Crippen LogP contribution in [-0.2, 0) is 19.6 Å². The molecule has 7 heteroatoms. The number of sulfonamides is 1. The Balaban J connectivity index is 2.76. The van der Waals surface area contributed by atoms with Gasteiger partial charge in [0.15, 0.2) is 5.75 Å². The molecule has 0 aliphatic carbocycles. The zero-order valence-corrected chi connectivity index (χ0v) is 12.5. The second-order valence-corrected chi connectivity index (χ2v) is 6.21. The standard InChI is InChI=1S/C11H14BrNO4S/c1-3-17-11(14)7-18(15,16)13-9-5-4-8(2)10(12)6-9/h4-6,13H,3,7H2,1-2H3. The Morgan fingerprint density at radius 1 is 1.44 bits per heavy atom. The number of halogens is 1. The minimum atomic E-state index is -3.73. The Morgan fingerprint density at radius 3 is 2.67 bits per heavy atom. The van der Waals surface area contributed by atoms with Crippen LogP contribution in [0.4, 0.5) is 5.69 Å². The van der Waals surface area contributed by atoms with E-state index in [4.69, 9.17) is 0 Å². The summed E-state index contributed by atoms with van der Waals surface area (Å²) in [5.74, 6) is -1.46. The van der Waals surface area contributed by atoms with Crippen molar-refractivity contribution in [2.45, 2.75) is 13.8 Å². The number of hydrogen-bond acceptors (Lipinski definition) is 4. The van der Waals surface area contributed by atoms with Crippen molar-refractivity contribution in [3.8, 4) is 0 Å². The molecule has 5 nitrogen and oxygen atoms in total. The third kappa shape index (κ3) is 4.66. The number of aryl methyl sites for hydroxylation is 1. The lowest BCUT2D eigenvalue weighted by molar-refractivity contribution is -0.139. The predicted octanol–water partition coefficient (Wildman–Crippen LogP) is 2.06. The molecule has 100 valence electrons. The Hall–Kier alpha value is -1.08. The molecule has 1 N–H and O–H groups in total. The summed E-state index contributed by atoms with van der Waals surface area (Å²) in [7, 11) is -3.73. The number of nitrogens with one attached hydrogen (secondary N) is 1. The summed E-state index contributed by atoms with van der Waals surface area (Å²) < 4.78 is 31.0. The third-order valence-corrected chi connectivity index (χ3v) is 4.08. The van der Waals surface area contributed by atoms with Crippen LogP contribution in [0, 0.1) is 6.92 Å². The first kappa shape index (κ1) is 15.0. The van der Waals surface area contributed by atoms with E-state index < -0.39 is 21.7 Å². The van der Waals surface area contributed by atoms with E-state index in [9.17, 15) is 13.2 Å². The topological polar surface area (TPSA) is 72.5 Å². The predicted molar refractivity (Wildman–Crippen MR) is 72.9 cm³/mol. The van der Waals surface area contributed by atoms with Crippen LogP contribution in [0.1, 0.15) is 12.5 Å². The highest BCUT2D eigenvalue weighted by Crippen LogP contribution is 2.21. The Labute approximate surface area is 115 Å². The summed E-state index contributed by atoms with van der Waals surface area (Å²) in [6.45, 7) is 3.67. The van der Waals surface area contributed by atoms with Crippen molar-refractivity contribution in [2.75, 3.05) is 17.1 Å². The van der Waals surface area contributed by atoms with Crippen LogP contribution in [0.3, 0.4) is 0 Å². The first-order valence-corrected chi connectivity index (χ1v) is 7.71. The van der Waals surface area contributed by atoms with Gasteiger partial charge in [0.2, 0.25) is 10.0 Å². The van der Waals surface area contributed by atoms with Crippen molar-refractivity contribution in [3.63, 3.8) is 0 Å². The number of anilines is 1. The molecule has 0 heterocycles. The number of esters is 1. The summed E-state index contributed by atoms with van der Waals surface area (Å²) in [5.41, 5.74) is 1.39.